The molecule has 0 aliphatic rings. The molecule has 0 radical (unpaired) electrons. The predicted octanol–water partition coefficient (Wildman–Crippen LogP) is 0.648. The van der Waals surface area contributed by atoms with E-state index < -0.39 is 10.0 Å². The fraction of sp³-hybridized carbons (Fsp3) is 0.286. The van der Waals surface area contributed by atoms with Crippen molar-refractivity contribution in [2.24, 2.45) is 0 Å². The largest absolute Gasteiger partial charge is 0.333 e. The number of nitriles is 1. The average Bonchev–Trinajstić information content (AvgIpc) is 2.52. The summed E-state index contributed by atoms with van der Waals surface area (Å²) < 4.78 is 24.4. The molecule has 0 saturated carbocycles. The first kappa shape index (κ1) is 9.61. The molecule has 1 heterocycles. The molecule has 6 heteroatoms. The van der Waals surface area contributed by atoms with E-state index in [1.807, 2.05) is 6.07 Å². The van der Waals surface area contributed by atoms with Crippen molar-refractivity contribution in [3.05, 3.63) is 17.8 Å². The maximum Gasteiger partial charge on any atom is 0.233 e. The van der Waals surface area contributed by atoms with Gasteiger partial charge in [0.25, 0.3) is 0 Å². The molecule has 0 aromatic carbocycles. The van der Waals surface area contributed by atoms with E-state index in [0.717, 1.165) is 0 Å². The van der Waals surface area contributed by atoms with Gasteiger partial charge in [0.05, 0.1) is 5.75 Å². The molecule has 0 spiro atoms. The quantitative estimate of drug-likeness (QED) is 0.749. The zero-order chi connectivity index (χ0) is 9.90. The van der Waals surface area contributed by atoms with Crippen LogP contribution in [0.5, 0.6) is 0 Å². The lowest BCUT2D eigenvalue weighted by atomic mass is 10.5. The van der Waals surface area contributed by atoms with Crippen molar-refractivity contribution in [2.45, 2.75) is 6.92 Å². The van der Waals surface area contributed by atoms with Gasteiger partial charge in [0.1, 0.15) is 17.6 Å². The third kappa shape index (κ3) is 2.49. The molecule has 0 bridgehead atoms. The van der Waals surface area contributed by atoms with E-state index in [9.17, 15) is 8.42 Å². The van der Waals surface area contributed by atoms with E-state index >= 15 is 0 Å². The first-order chi connectivity index (χ1) is 6.07. The Morgan fingerprint density at radius 1 is 1.62 bits per heavy atom. The van der Waals surface area contributed by atoms with E-state index in [0.29, 0.717) is 11.5 Å². The Labute approximate surface area is 76.4 Å². The van der Waals surface area contributed by atoms with Gasteiger partial charge in [0.2, 0.25) is 10.0 Å². The van der Waals surface area contributed by atoms with E-state index in [1.165, 1.54) is 19.1 Å². The zero-order valence-corrected chi connectivity index (χ0v) is 7.85. The molecule has 0 aliphatic heterocycles. The molecule has 0 amide bonds. The Hall–Kier alpha value is -1.48. The first-order valence-corrected chi connectivity index (χ1v) is 5.32. The van der Waals surface area contributed by atoms with Gasteiger partial charge >= 0.3 is 0 Å². The van der Waals surface area contributed by atoms with E-state index in [-0.39, 0.29) is 5.75 Å². The number of aromatic amines is 1. The molecule has 1 aromatic rings. The Morgan fingerprint density at radius 3 is 2.77 bits per heavy atom. The summed E-state index contributed by atoms with van der Waals surface area (Å²) in [6.45, 7) is 1.54. The number of rotatable bonds is 3. The summed E-state index contributed by atoms with van der Waals surface area (Å²) in [6.07, 6.45) is 0. The minimum atomic E-state index is -3.26. The second kappa shape index (κ2) is 3.49. The number of sulfonamides is 1. The fourth-order valence-corrected chi connectivity index (χ4v) is 1.36. The Balaban J connectivity index is 2.83. The molecule has 0 aliphatic carbocycles. The maximum absolute atomic E-state index is 11.1. The van der Waals surface area contributed by atoms with Crippen LogP contribution in [0.3, 0.4) is 0 Å². The number of nitrogens with zero attached hydrogens (tertiary/aromatic N) is 1. The minimum absolute atomic E-state index is 0.00784. The SMILES string of the molecule is CCS(=O)(=O)Nc1ccc(C#N)[nH]1. The molecule has 0 saturated heterocycles. The van der Waals surface area contributed by atoms with Crippen molar-refractivity contribution < 1.29 is 8.42 Å². The topological polar surface area (TPSA) is 85.8 Å². The molecule has 1 rings (SSSR count). The van der Waals surface area contributed by atoms with Crippen LogP contribution in [0.25, 0.3) is 0 Å². The summed E-state index contributed by atoms with van der Waals surface area (Å²) in [5.74, 6) is 0.326. The summed E-state index contributed by atoms with van der Waals surface area (Å²) in [5, 5.41) is 8.45. The van der Waals surface area contributed by atoms with E-state index in [4.69, 9.17) is 5.26 Å². The second-order valence-corrected chi connectivity index (χ2v) is 4.41. The molecule has 0 unspecified atom stereocenters. The number of nitrogens with one attached hydrogen (secondary N) is 2. The highest BCUT2D eigenvalue weighted by Gasteiger charge is 2.07. The second-order valence-electron chi connectivity index (χ2n) is 2.40. The molecular formula is C7H9N3O2S. The van der Waals surface area contributed by atoms with Crippen LogP contribution in [0.4, 0.5) is 5.82 Å². The van der Waals surface area contributed by atoms with Crippen LogP contribution in [-0.4, -0.2) is 19.2 Å². The van der Waals surface area contributed by atoms with Crippen LogP contribution in [0, 0.1) is 11.3 Å². The number of hydrogen-bond donors (Lipinski definition) is 2. The molecule has 2 N–H and O–H groups in total. The number of anilines is 1. The zero-order valence-electron chi connectivity index (χ0n) is 7.03. The van der Waals surface area contributed by atoms with Crippen LogP contribution in [-0.2, 0) is 10.0 Å². The molecule has 0 fully saturated rings. The van der Waals surface area contributed by atoms with Gasteiger partial charge in [0.15, 0.2) is 0 Å². The van der Waals surface area contributed by atoms with Gasteiger partial charge in [-0.1, -0.05) is 0 Å². The van der Waals surface area contributed by atoms with Crippen molar-refractivity contribution in [3.63, 3.8) is 0 Å². The Kier molecular flexibility index (Phi) is 2.58. The van der Waals surface area contributed by atoms with Crippen LogP contribution >= 0.6 is 0 Å². The maximum atomic E-state index is 11.1. The lowest BCUT2D eigenvalue weighted by molar-refractivity contribution is 0.602. The fourth-order valence-electron chi connectivity index (χ4n) is 0.760. The van der Waals surface area contributed by atoms with Crippen LogP contribution in [0.15, 0.2) is 12.1 Å². The highest BCUT2D eigenvalue weighted by atomic mass is 32.2. The third-order valence-electron chi connectivity index (χ3n) is 1.45. The number of hydrogen-bond acceptors (Lipinski definition) is 3. The third-order valence-corrected chi connectivity index (χ3v) is 2.74. The minimum Gasteiger partial charge on any atom is -0.333 e. The molecular weight excluding hydrogens is 190 g/mol. The lowest BCUT2D eigenvalue weighted by Crippen LogP contribution is -2.14. The monoisotopic (exact) mass is 199 g/mol. The van der Waals surface area contributed by atoms with Crippen molar-refractivity contribution in [1.29, 1.82) is 5.26 Å². The van der Waals surface area contributed by atoms with E-state index in [2.05, 4.69) is 9.71 Å². The van der Waals surface area contributed by atoms with Gasteiger partial charge in [-0.2, -0.15) is 5.26 Å². The predicted molar refractivity (Wildman–Crippen MR) is 48.6 cm³/mol. The van der Waals surface area contributed by atoms with Gasteiger partial charge < -0.3 is 4.98 Å². The Bertz CT molecular complexity index is 427. The van der Waals surface area contributed by atoms with Gasteiger partial charge in [-0.25, -0.2) is 8.42 Å². The molecule has 1 aromatic heterocycles. The summed E-state index contributed by atoms with van der Waals surface area (Å²) in [4.78, 5) is 2.60. The Morgan fingerprint density at radius 2 is 2.31 bits per heavy atom. The summed E-state index contributed by atoms with van der Waals surface area (Å²) in [7, 11) is -3.26. The number of aromatic nitrogens is 1. The summed E-state index contributed by atoms with van der Waals surface area (Å²) in [5.41, 5.74) is 0.328. The number of H-pyrrole nitrogens is 1. The van der Waals surface area contributed by atoms with Crippen molar-refractivity contribution in [3.8, 4) is 6.07 Å². The van der Waals surface area contributed by atoms with Crippen LogP contribution < -0.4 is 4.72 Å². The van der Waals surface area contributed by atoms with Crippen molar-refractivity contribution >= 4 is 15.8 Å². The first-order valence-electron chi connectivity index (χ1n) is 3.67. The average molecular weight is 199 g/mol. The van der Waals surface area contributed by atoms with Gasteiger partial charge in [-0.15, -0.1) is 0 Å². The smallest absolute Gasteiger partial charge is 0.233 e. The molecule has 0 atom stereocenters. The summed E-state index contributed by atoms with van der Waals surface area (Å²) >= 11 is 0. The van der Waals surface area contributed by atoms with Gasteiger partial charge in [-0.05, 0) is 19.1 Å². The van der Waals surface area contributed by atoms with Crippen molar-refractivity contribution in [2.75, 3.05) is 10.5 Å². The summed E-state index contributed by atoms with van der Waals surface area (Å²) in [6, 6.07) is 4.87. The molecule has 70 valence electrons. The highest BCUT2D eigenvalue weighted by molar-refractivity contribution is 7.92. The highest BCUT2D eigenvalue weighted by Crippen LogP contribution is 2.08. The van der Waals surface area contributed by atoms with Crippen LogP contribution in [0.2, 0.25) is 0 Å². The molecule has 5 nitrogen and oxygen atoms in total. The van der Waals surface area contributed by atoms with E-state index in [1.54, 1.807) is 0 Å². The standard InChI is InChI=1S/C7H9N3O2S/c1-2-13(11,12)10-7-4-3-6(5-8)9-7/h3-4,9-10H,2H2,1H3. The lowest BCUT2D eigenvalue weighted by Gasteiger charge is -2.01. The van der Waals surface area contributed by atoms with Crippen molar-refractivity contribution in [1.82, 2.24) is 4.98 Å². The van der Waals surface area contributed by atoms with Crippen LogP contribution in [0.1, 0.15) is 12.6 Å². The van der Waals surface area contributed by atoms with Gasteiger partial charge in [0, 0.05) is 0 Å². The normalized spacial score (nSPS) is 10.8. The van der Waals surface area contributed by atoms with Gasteiger partial charge in [-0.3, -0.25) is 4.72 Å². The molecule has 13 heavy (non-hydrogen) atoms.